The van der Waals surface area contributed by atoms with Crippen LogP contribution in [0, 0.1) is 6.92 Å². The van der Waals surface area contributed by atoms with Crippen LogP contribution >= 0.6 is 0 Å². The van der Waals surface area contributed by atoms with E-state index in [1.807, 2.05) is 19.1 Å². The Bertz CT molecular complexity index is 438. The van der Waals surface area contributed by atoms with Crippen molar-refractivity contribution < 1.29 is 0 Å². The molecule has 0 radical (unpaired) electrons. The lowest BCUT2D eigenvalue weighted by Gasteiger charge is -2.13. The molecule has 16 heavy (non-hydrogen) atoms. The van der Waals surface area contributed by atoms with Crippen molar-refractivity contribution in [2.24, 2.45) is 0 Å². The number of nitrogens with zero attached hydrogens (tertiary/aromatic N) is 3. The van der Waals surface area contributed by atoms with Crippen LogP contribution in [0.15, 0.2) is 36.9 Å². The number of hydrogen-bond acceptors (Lipinski definition) is 4. The highest BCUT2D eigenvalue weighted by molar-refractivity contribution is 5.30. The molecule has 2 aromatic heterocycles. The van der Waals surface area contributed by atoms with E-state index in [4.69, 9.17) is 0 Å². The van der Waals surface area contributed by atoms with Crippen molar-refractivity contribution in [3.63, 3.8) is 0 Å². The molecule has 0 aliphatic rings. The maximum atomic E-state index is 4.21. The van der Waals surface area contributed by atoms with Gasteiger partial charge in [0.1, 0.15) is 0 Å². The normalized spacial score (nSPS) is 12.1. The lowest BCUT2D eigenvalue weighted by Crippen LogP contribution is -2.09. The fraction of sp³-hybridized carbons (Fsp3) is 0.250. The molecule has 0 aliphatic carbocycles. The van der Waals surface area contributed by atoms with Gasteiger partial charge in [-0.05, 0) is 37.1 Å². The molecule has 0 amide bonds. The van der Waals surface area contributed by atoms with Crippen molar-refractivity contribution in [3.8, 4) is 0 Å². The predicted molar refractivity (Wildman–Crippen MR) is 63.0 cm³/mol. The van der Waals surface area contributed by atoms with Gasteiger partial charge in [-0.3, -0.25) is 4.98 Å². The number of aryl methyl sites for hydroxylation is 1. The summed E-state index contributed by atoms with van der Waals surface area (Å²) in [6.45, 7) is 4.04. The highest BCUT2D eigenvalue weighted by atomic mass is 15.1. The fourth-order valence-corrected chi connectivity index (χ4v) is 1.40. The topological polar surface area (TPSA) is 50.7 Å². The first-order valence-electron chi connectivity index (χ1n) is 5.21. The Morgan fingerprint density at radius 3 is 2.38 bits per heavy atom. The first-order chi connectivity index (χ1) is 7.75. The van der Waals surface area contributed by atoms with E-state index in [1.165, 1.54) is 5.56 Å². The van der Waals surface area contributed by atoms with Gasteiger partial charge in [0.25, 0.3) is 0 Å². The maximum Gasteiger partial charge on any atom is 0.223 e. The third kappa shape index (κ3) is 2.53. The van der Waals surface area contributed by atoms with Crippen LogP contribution in [0.4, 0.5) is 5.95 Å². The van der Waals surface area contributed by atoms with Gasteiger partial charge in [-0.1, -0.05) is 0 Å². The summed E-state index contributed by atoms with van der Waals surface area (Å²) in [5.41, 5.74) is 2.22. The molecule has 0 aliphatic heterocycles. The standard InChI is InChI=1S/C12H14N4/c1-9-7-14-12(15-8-9)16-10(2)11-3-5-13-6-4-11/h3-8,10H,1-2H3,(H,14,15,16)/t10-/m1/s1. The first kappa shape index (κ1) is 10.5. The molecule has 1 atom stereocenters. The summed E-state index contributed by atoms with van der Waals surface area (Å²) in [6, 6.07) is 4.13. The average molecular weight is 214 g/mol. The monoisotopic (exact) mass is 214 g/mol. The highest BCUT2D eigenvalue weighted by Gasteiger charge is 2.05. The Kier molecular flexibility index (Phi) is 3.10. The van der Waals surface area contributed by atoms with Gasteiger partial charge in [0.15, 0.2) is 0 Å². The van der Waals surface area contributed by atoms with Gasteiger partial charge in [0.05, 0.1) is 6.04 Å². The molecule has 82 valence electrons. The molecule has 0 saturated heterocycles. The van der Waals surface area contributed by atoms with Gasteiger partial charge >= 0.3 is 0 Å². The quantitative estimate of drug-likeness (QED) is 0.852. The summed E-state index contributed by atoms with van der Waals surface area (Å²) in [4.78, 5) is 12.4. The molecule has 0 unspecified atom stereocenters. The molecule has 0 bridgehead atoms. The second kappa shape index (κ2) is 4.70. The predicted octanol–water partition coefficient (Wildman–Crippen LogP) is 2.35. The number of pyridine rings is 1. The molecule has 0 spiro atoms. The van der Waals surface area contributed by atoms with E-state index in [0.717, 1.165) is 5.56 Å². The second-order valence-corrected chi connectivity index (χ2v) is 3.73. The summed E-state index contributed by atoms with van der Waals surface area (Å²) in [7, 11) is 0. The number of rotatable bonds is 3. The first-order valence-corrected chi connectivity index (χ1v) is 5.21. The molecule has 1 N–H and O–H groups in total. The minimum absolute atomic E-state index is 0.172. The summed E-state index contributed by atoms with van der Waals surface area (Å²) >= 11 is 0. The maximum absolute atomic E-state index is 4.21. The zero-order valence-electron chi connectivity index (χ0n) is 9.38. The van der Waals surface area contributed by atoms with Crippen LogP contribution in [0.1, 0.15) is 24.1 Å². The second-order valence-electron chi connectivity index (χ2n) is 3.73. The lowest BCUT2D eigenvalue weighted by atomic mass is 10.1. The van der Waals surface area contributed by atoms with Crippen molar-refractivity contribution in [2.45, 2.75) is 19.9 Å². The Morgan fingerprint density at radius 2 is 1.75 bits per heavy atom. The summed E-state index contributed by atoms with van der Waals surface area (Å²) in [6.07, 6.45) is 7.16. The summed E-state index contributed by atoms with van der Waals surface area (Å²) in [5, 5.41) is 3.24. The van der Waals surface area contributed by atoms with Crippen LogP contribution in [0.2, 0.25) is 0 Å². The Balaban J connectivity index is 2.08. The van der Waals surface area contributed by atoms with Crippen LogP contribution in [0.25, 0.3) is 0 Å². The van der Waals surface area contributed by atoms with Crippen molar-refractivity contribution >= 4 is 5.95 Å². The molecule has 2 heterocycles. The molecule has 2 rings (SSSR count). The average Bonchev–Trinajstić information content (AvgIpc) is 2.33. The number of nitrogens with one attached hydrogen (secondary N) is 1. The third-order valence-electron chi connectivity index (χ3n) is 2.33. The fourth-order valence-electron chi connectivity index (χ4n) is 1.40. The summed E-state index contributed by atoms with van der Waals surface area (Å²) in [5.74, 6) is 0.648. The summed E-state index contributed by atoms with van der Waals surface area (Å²) < 4.78 is 0. The number of aromatic nitrogens is 3. The highest BCUT2D eigenvalue weighted by Crippen LogP contribution is 2.14. The Hall–Kier alpha value is -1.97. The van der Waals surface area contributed by atoms with E-state index in [-0.39, 0.29) is 6.04 Å². The molecule has 2 aromatic rings. The third-order valence-corrected chi connectivity index (χ3v) is 2.33. The van der Waals surface area contributed by atoms with E-state index in [1.54, 1.807) is 24.8 Å². The molecule has 0 fully saturated rings. The molecule has 0 saturated carbocycles. The van der Waals surface area contributed by atoms with Crippen molar-refractivity contribution in [1.82, 2.24) is 15.0 Å². The van der Waals surface area contributed by atoms with Gasteiger partial charge in [0, 0.05) is 24.8 Å². The van der Waals surface area contributed by atoms with Crippen LogP contribution < -0.4 is 5.32 Å². The van der Waals surface area contributed by atoms with Crippen molar-refractivity contribution in [2.75, 3.05) is 5.32 Å². The Labute approximate surface area is 94.8 Å². The number of anilines is 1. The van der Waals surface area contributed by atoms with Crippen LogP contribution in [-0.2, 0) is 0 Å². The molecule has 4 nitrogen and oxygen atoms in total. The van der Waals surface area contributed by atoms with Gasteiger partial charge in [-0.25, -0.2) is 9.97 Å². The SMILES string of the molecule is Cc1cnc(N[C@H](C)c2ccncc2)nc1. The van der Waals surface area contributed by atoms with Crippen LogP contribution in [0.5, 0.6) is 0 Å². The minimum atomic E-state index is 0.172. The van der Waals surface area contributed by atoms with E-state index in [2.05, 4.69) is 27.2 Å². The van der Waals surface area contributed by atoms with E-state index in [9.17, 15) is 0 Å². The van der Waals surface area contributed by atoms with Gasteiger partial charge < -0.3 is 5.32 Å². The van der Waals surface area contributed by atoms with E-state index in [0.29, 0.717) is 5.95 Å². The van der Waals surface area contributed by atoms with Crippen molar-refractivity contribution in [1.29, 1.82) is 0 Å². The largest absolute Gasteiger partial charge is 0.348 e. The molecular formula is C12H14N4. The minimum Gasteiger partial charge on any atom is -0.348 e. The smallest absolute Gasteiger partial charge is 0.223 e. The molecule has 4 heteroatoms. The van der Waals surface area contributed by atoms with Crippen LogP contribution in [0.3, 0.4) is 0 Å². The molecular weight excluding hydrogens is 200 g/mol. The van der Waals surface area contributed by atoms with Gasteiger partial charge in [0.2, 0.25) is 5.95 Å². The van der Waals surface area contributed by atoms with Gasteiger partial charge in [-0.15, -0.1) is 0 Å². The van der Waals surface area contributed by atoms with E-state index >= 15 is 0 Å². The number of hydrogen-bond donors (Lipinski definition) is 1. The zero-order chi connectivity index (χ0) is 11.4. The molecule has 0 aromatic carbocycles. The van der Waals surface area contributed by atoms with E-state index < -0.39 is 0 Å². The van der Waals surface area contributed by atoms with Gasteiger partial charge in [-0.2, -0.15) is 0 Å². The van der Waals surface area contributed by atoms with Crippen LogP contribution in [-0.4, -0.2) is 15.0 Å². The lowest BCUT2D eigenvalue weighted by molar-refractivity contribution is 0.856. The van der Waals surface area contributed by atoms with Crippen molar-refractivity contribution in [3.05, 3.63) is 48.0 Å². The zero-order valence-corrected chi connectivity index (χ0v) is 9.38. The Morgan fingerprint density at radius 1 is 1.12 bits per heavy atom.